The van der Waals surface area contributed by atoms with Gasteiger partial charge in [-0.2, -0.15) is 0 Å². The molecule has 3 aromatic rings. The van der Waals surface area contributed by atoms with Gasteiger partial charge in [-0.3, -0.25) is 14.4 Å². The van der Waals surface area contributed by atoms with Gasteiger partial charge in [0.15, 0.2) is 0 Å². The zero-order chi connectivity index (χ0) is 22.8. The van der Waals surface area contributed by atoms with E-state index in [1.807, 2.05) is 53.4 Å². The maximum atomic E-state index is 13.2. The maximum absolute atomic E-state index is 13.2. The molecular formula is C27H27N3O3. The Labute approximate surface area is 192 Å². The smallest absolute Gasteiger partial charge is 0.261 e. The van der Waals surface area contributed by atoms with Crippen molar-refractivity contribution in [3.05, 3.63) is 94.3 Å². The number of amides is 2. The van der Waals surface area contributed by atoms with Crippen LogP contribution in [-0.2, 0) is 11.2 Å². The summed E-state index contributed by atoms with van der Waals surface area (Å²) in [5.41, 5.74) is 1.99. The van der Waals surface area contributed by atoms with Crippen LogP contribution >= 0.6 is 0 Å². The molecule has 6 heteroatoms. The first-order chi connectivity index (χ1) is 16.1. The zero-order valence-corrected chi connectivity index (χ0v) is 18.5. The van der Waals surface area contributed by atoms with Crippen molar-refractivity contribution in [3.63, 3.8) is 0 Å². The van der Waals surface area contributed by atoms with E-state index in [9.17, 15) is 14.4 Å². The number of pyridine rings is 1. The largest absolute Gasteiger partial charge is 0.342 e. The van der Waals surface area contributed by atoms with Crippen LogP contribution in [0.5, 0.6) is 0 Å². The van der Waals surface area contributed by atoms with Crippen LogP contribution in [0, 0.1) is 5.41 Å². The van der Waals surface area contributed by atoms with Crippen molar-refractivity contribution >= 4 is 11.8 Å². The predicted molar refractivity (Wildman–Crippen MR) is 127 cm³/mol. The normalized spacial score (nSPS) is 20.1. The van der Waals surface area contributed by atoms with Crippen LogP contribution in [-0.4, -0.2) is 52.8 Å². The van der Waals surface area contributed by atoms with Crippen molar-refractivity contribution in [2.45, 2.75) is 19.3 Å². The molecule has 0 radical (unpaired) electrons. The third-order valence-corrected chi connectivity index (χ3v) is 6.98. The van der Waals surface area contributed by atoms with E-state index in [0.29, 0.717) is 31.7 Å². The minimum Gasteiger partial charge on any atom is -0.342 e. The summed E-state index contributed by atoms with van der Waals surface area (Å²) < 4.78 is 0. The Morgan fingerprint density at radius 3 is 2.30 bits per heavy atom. The molecule has 1 atom stereocenters. The molecule has 2 aromatic carbocycles. The van der Waals surface area contributed by atoms with E-state index in [2.05, 4.69) is 17.1 Å². The molecule has 1 spiro atoms. The monoisotopic (exact) mass is 441 g/mol. The number of hydrogen-bond acceptors (Lipinski definition) is 3. The Balaban J connectivity index is 1.26. The molecule has 0 saturated carbocycles. The van der Waals surface area contributed by atoms with Crippen LogP contribution in [0.1, 0.15) is 28.8 Å². The number of aromatic nitrogens is 1. The fourth-order valence-electron chi connectivity index (χ4n) is 5.04. The molecule has 33 heavy (non-hydrogen) atoms. The zero-order valence-electron chi connectivity index (χ0n) is 18.5. The van der Waals surface area contributed by atoms with Crippen LogP contribution in [0.2, 0.25) is 0 Å². The van der Waals surface area contributed by atoms with E-state index in [-0.39, 0.29) is 17.4 Å². The Hall–Kier alpha value is -3.67. The van der Waals surface area contributed by atoms with Gasteiger partial charge in [0.1, 0.15) is 5.56 Å². The van der Waals surface area contributed by atoms with Crippen LogP contribution in [0.3, 0.4) is 0 Å². The van der Waals surface area contributed by atoms with Gasteiger partial charge in [0.2, 0.25) is 5.91 Å². The molecule has 6 nitrogen and oxygen atoms in total. The predicted octanol–water partition coefficient (Wildman–Crippen LogP) is 3.35. The highest BCUT2D eigenvalue weighted by molar-refractivity contribution is 5.95. The van der Waals surface area contributed by atoms with Crippen LogP contribution < -0.4 is 5.56 Å². The van der Waals surface area contributed by atoms with Gasteiger partial charge in [0, 0.05) is 31.9 Å². The Morgan fingerprint density at radius 2 is 1.58 bits per heavy atom. The number of aromatic amines is 1. The van der Waals surface area contributed by atoms with E-state index >= 15 is 0 Å². The third kappa shape index (κ3) is 4.09. The number of H-pyrrole nitrogens is 1. The molecular weight excluding hydrogens is 414 g/mol. The quantitative estimate of drug-likeness (QED) is 0.660. The highest BCUT2D eigenvalue weighted by Crippen LogP contribution is 2.41. The fraction of sp³-hybridized carbons (Fsp3) is 0.296. The van der Waals surface area contributed by atoms with E-state index in [4.69, 9.17) is 0 Å². The number of benzene rings is 2. The average Bonchev–Trinajstić information content (AvgIpc) is 3.43. The first kappa shape index (κ1) is 21.2. The lowest BCUT2D eigenvalue weighted by Gasteiger charge is -2.23. The molecule has 168 valence electrons. The fourth-order valence-corrected chi connectivity index (χ4v) is 5.04. The molecule has 1 N–H and O–H groups in total. The van der Waals surface area contributed by atoms with E-state index in [1.54, 1.807) is 17.0 Å². The maximum Gasteiger partial charge on any atom is 0.261 e. The highest BCUT2D eigenvalue weighted by atomic mass is 16.2. The lowest BCUT2D eigenvalue weighted by atomic mass is 9.85. The van der Waals surface area contributed by atoms with Crippen molar-refractivity contribution in [2.75, 3.05) is 26.2 Å². The Kier molecular flexibility index (Phi) is 5.58. The Bertz CT molecular complexity index is 1220. The minimum absolute atomic E-state index is 0.123. The number of nitrogens with zero attached hydrogens (tertiary/aromatic N) is 2. The van der Waals surface area contributed by atoms with Crippen molar-refractivity contribution in [2.24, 2.45) is 5.41 Å². The van der Waals surface area contributed by atoms with Gasteiger partial charge in [-0.1, -0.05) is 60.7 Å². The summed E-state index contributed by atoms with van der Waals surface area (Å²) in [5.74, 6) is -0.162. The summed E-state index contributed by atoms with van der Waals surface area (Å²) in [7, 11) is 0. The van der Waals surface area contributed by atoms with Crippen molar-refractivity contribution in [1.82, 2.24) is 14.8 Å². The third-order valence-electron chi connectivity index (χ3n) is 6.98. The van der Waals surface area contributed by atoms with Gasteiger partial charge < -0.3 is 14.8 Å². The number of nitrogens with one attached hydrogen (secondary N) is 1. The van der Waals surface area contributed by atoms with E-state index in [1.165, 1.54) is 5.56 Å². The highest BCUT2D eigenvalue weighted by Gasteiger charge is 2.51. The van der Waals surface area contributed by atoms with Crippen molar-refractivity contribution in [3.8, 4) is 11.3 Å². The van der Waals surface area contributed by atoms with E-state index in [0.717, 1.165) is 24.9 Å². The standard InChI is InChI=1S/C27H27N3O3/c31-24-22(11-12-23(28-24)21-9-5-2-6-10-21)25(32)30-18-15-27(19-30)14-17-29(26(27)33)16-13-20-7-3-1-4-8-20/h1-12H,13-19H2,(H,28,31). The molecule has 5 rings (SSSR count). The van der Waals surface area contributed by atoms with Crippen LogP contribution in [0.25, 0.3) is 11.3 Å². The van der Waals surface area contributed by atoms with Gasteiger partial charge in [0.05, 0.1) is 5.41 Å². The molecule has 2 fully saturated rings. The average molecular weight is 442 g/mol. The van der Waals surface area contributed by atoms with Gasteiger partial charge in [-0.05, 0) is 42.5 Å². The van der Waals surface area contributed by atoms with Crippen molar-refractivity contribution < 1.29 is 9.59 Å². The summed E-state index contributed by atoms with van der Waals surface area (Å²) >= 11 is 0. The van der Waals surface area contributed by atoms with Crippen LogP contribution in [0.15, 0.2) is 77.6 Å². The number of hydrogen-bond donors (Lipinski definition) is 1. The molecule has 3 heterocycles. The molecule has 0 bridgehead atoms. The number of carbonyl (C=O) groups is 2. The van der Waals surface area contributed by atoms with Gasteiger partial charge in [0.25, 0.3) is 11.5 Å². The minimum atomic E-state index is -0.511. The summed E-state index contributed by atoms with van der Waals surface area (Å²) in [4.78, 5) is 45.5. The van der Waals surface area contributed by atoms with Crippen LogP contribution in [0.4, 0.5) is 0 Å². The second-order valence-electron chi connectivity index (χ2n) is 9.02. The SMILES string of the molecule is O=C(c1ccc(-c2ccccc2)[nH]c1=O)N1CCC2(CCN(CCc3ccccc3)C2=O)C1. The molecule has 2 aliphatic heterocycles. The van der Waals surface area contributed by atoms with Gasteiger partial charge >= 0.3 is 0 Å². The van der Waals surface area contributed by atoms with E-state index < -0.39 is 11.0 Å². The molecule has 1 aromatic heterocycles. The number of carbonyl (C=O) groups excluding carboxylic acids is 2. The summed E-state index contributed by atoms with van der Waals surface area (Å²) in [6.07, 6.45) is 2.24. The summed E-state index contributed by atoms with van der Waals surface area (Å²) in [6, 6.07) is 23.1. The second kappa shape index (κ2) is 8.70. The number of rotatable bonds is 5. The molecule has 1 unspecified atom stereocenters. The molecule has 0 aliphatic carbocycles. The second-order valence-corrected chi connectivity index (χ2v) is 9.02. The summed E-state index contributed by atoms with van der Waals surface area (Å²) in [6.45, 7) is 2.29. The molecule has 2 saturated heterocycles. The molecule has 2 amide bonds. The molecule has 2 aliphatic rings. The number of likely N-dealkylation sites (tertiary alicyclic amines) is 2. The first-order valence-corrected chi connectivity index (χ1v) is 11.5. The first-order valence-electron chi connectivity index (χ1n) is 11.5. The van der Waals surface area contributed by atoms with Gasteiger partial charge in [-0.25, -0.2) is 0 Å². The van der Waals surface area contributed by atoms with Gasteiger partial charge in [-0.15, -0.1) is 0 Å². The topological polar surface area (TPSA) is 73.5 Å². The summed E-state index contributed by atoms with van der Waals surface area (Å²) in [5, 5.41) is 0. The lowest BCUT2D eigenvalue weighted by Crippen LogP contribution is -2.39. The Morgan fingerprint density at radius 1 is 0.879 bits per heavy atom. The van der Waals surface area contributed by atoms with Crippen molar-refractivity contribution in [1.29, 1.82) is 0 Å². The lowest BCUT2D eigenvalue weighted by molar-refractivity contribution is -0.135.